The van der Waals surface area contributed by atoms with Crippen LogP contribution in [-0.2, 0) is 67.1 Å². The summed E-state index contributed by atoms with van der Waals surface area (Å²) in [5.74, 6) is -0.936. The Morgan fingerprint density at radius 2 is 0.929 bits per heavy atom. The highest BCUT2D eigenvalue weighted by atomic mass is 32.3. The molecule has 328 valence electrons. The number of aliphatic hydroxyl groups is 11. The molecule has 56 heavy (non-hydrogen) atoms. The molecule has 0 spiro atoms. The maximum absolute atomic E-state index is 12.4. The molecule has 4 rings (SSSR count). The number of carbonyl (C=O) groups is 1. The SMILES string of the molecule is CC(=O)N[C@H]1[C@H](O[C@@H]2[C@H](OS(=O)(=O)O)[C@@H](O)[C@H](O[C@H]3[C@H](O)[C@@H](O)[C@H](O)O[C@@H]3CO)O[C@@H]2CO)O[C@H](CO)[C@H](O)[C@@H]1O[C@@H]1O[C@H](CO)[C@H](O)[C@H](OS(=O)(=O)O)[C@H]1O. The van der Waals surface area contributed by atoms with Crippen LogP contribution in [0.15, 0.2) is 0 Å². The molecular weight excluding hydrogens is 822 g/mol. The van der Waals surface area contributed by atoms with Crippen molar-refractivity contribution in [1.29, 1.82) is 0 Å². The van der Waals surface area contributed by atoms with E-state index in [1.165, 1.54) is 0 Å². The van der Waals surface area contributed by atoms with Gasteiger partial charge in [-0.3, -0.25) is 13.9 Å². The number of carbonyl (C=O) groups excluding carboxylic acids is 1. The van der Waals surface area contributed by atoms with Crippen molar-refractivity contribution < 1.29 is 128 Å². The molecule has 0 unspecified atom stereocenters. The summed E-state index contributed by atoms with van der Waals surface area (Å²) in [5.41, 5.74) is 0. The number of ether oxygens (including phenoxy) is 7. The molecule has 0 aromatic rings. The Hall–Kier alpha value is -1.51. The molecule has 0 aromatic heterocycles. The minimum Gasteiger partial charge on any atom is -0.394 e. The molecule has 0 radical (unpaired) electrons. The highest BCUT2D eigenvalue weighted by Crippen LogP contribution is 2.36. The van der Waals surface area contributed by atoms with E-state index in [2.05, 4.69) is 13.7 Å². The molecule has 30 heteroatoms. The molecular formula is C26H45NO27S2. The first-order chi connectivity index (χ1) is 26.0. The van der Waals surface area contributed by atoms with Gasteiger partial charge in [-0.15, -0.1) is 0 Å². The van der Waals surface area contributed by atoms with Crippen LogP contribution < -0.4 is 5.32 Å². The Bertz CT molecular complexity index is 1510. The molecule has 4 fully saturated rings. The second kappa shape index (κ2) is 19.3. The first kappa shape index (κ1) is 47.2. The van der Waals surface area contributed by atoms with E-state index in [0.29, 0.717) is 0 Å². The average molecular weight is 868 g/mol. The molecule has 4 saturated heterocycles. The summed E-state index contributed by atoms with van der Waals surface area (Å²) >= 11 is 0. The number of aliphatic hydroxyl groups excluding tert-OH is 11. The van der Waals surface area contributed by atoms with Gasteiger partial charge in [0.15, 0.2) is 25.2 Å². The van der Waals surface area contributed by atoms with Crippen molar-refractivity contribution in [2.24, 2.45) is 0 Å². The fourth-order valence-electron chi connectivity index (χ4n) is 6.42. The standard InChI is InChI=1S/C26H45NO27S2/c1-6(32)27-11-20(52-25-16(37)21(53-55(40,41)42)13(34)8(3-29)48-25)12(33)7(2-28)47-24(11)51-19-10(5-31)49-26(17(38)22(19)54-56(43,44)45)50-18-9(4-30)46-23(39)15(36)14(18)35/h7-26,28-31,33-39H,2-5H2,1H3,(H,27,32)(H,40,41,42)(H,43,44,45)/t7-,8-,9-,10-,11-,12+,13+,14-,15-,16-,17-,18-,19+,20-,21+,22-,23-,24+,25+,26+/m1/s1. The third kappa shape index (κ3) is 11.0. The Morgan fingerprint density at radius 1 is 0.518 bits per heavy atom. The molecule has 0 aromatic carbocycles. The Morgan fingerprint density at radius 3 is 1.43 bits per heavy atom. The summed E-state index contributed by atoms with van der Waals surface area (Å²) in [7, 11) is -11.0. The number of amides is 1. The number of rotatable bonds is 15. The molecule has 0 aliphatic carbocycles. The summed E-state index contributed by atoms with van der Waals surface area (Å²) < 4.78 is 113. The zero-order chi connectivity index (χ0) is 42.0. The van der Waals surface area contributed by atoms with Crippen LogP contribution in [0.4, 0.5) is 0 Å². The van der Waals surface area contributed by atoms with E-state index in [0.717, 1.165) is 6.92 Å². The lowest BCUT2D eigenvalue weighted by molar-refractivity contribution is -0.376. The molecule has 4 aliphatic heterocycles. The van der Waals surface area contributed by atoms with Crippen LogP contribution >= 0.6 is 0 Å². The topological polar surface area (TPSA) is 443 Å². The van der Waals surface area contributed by atoms with Gasteiger partial charge >= 0.3 is 20.8 Å². The van der Waals surface area contributed by atoms with E-state index in [9.17, 15) is 86.9 Å². The van der Waals surface area contributed by atoms with Crippen LogP contribution in [0.25, 0.3) is 0 Å². The third-order valence-electron chi connectivity index (χ3n) is 9.02. The van der Waals surface area contributed by atoms with E-state index >= 15 is 0 Å². The Labute approximate surface area is 316 Å². The Kier molecular flexibility index (Phi) is 16.2. The van der Waals surface area contributed by atoms with Crippen molar-refractivity contribution in [3.63, 3.8) is 0 Å². The molecule has 14 N–H and O–H groups in total. The van der Waals surface area contributed by atoms with Gasteiger partial charge in [0, 0.05) is 6.92 Å². The van der Waals surface area contributed by atoms with Crippen molar-refractivity contribution >= 4 is 26.7 Å². The summed E-state index contributed by atoms with van der Waals surface area (Å²) in [5, 5.41) is 116. The van der Waals surface area contributed by atoms with Gasteiger partial charge in [0.1, 0.15) is 97.6 Å². The summed E-state index contributed by atoms with van der Waals surface area (Å²) in [6.07, 6.45) is -39.3. The third-order valence-corrected chi connectivity index (χ3v) is 9.95. The van der Waals surface area contributed by atoms with Crippen LogP contribution in [-0.4, -0.2) is 237 Å². The normalized spacial score (nSPS) is 45.3. The number of nitrogens with one attached hydrogen (secondary N) is 1. The lowest BCUT2D eigenvalue weighted by Crippen LogP contribution is -2.70. The van der Waals surface area contributed by atoms with Crippen molar-refractivity contribution in [1.82, 2.24) is 5.32 Å². The second-order valence-corrected chi connectivity index (χ2v) is 15.0. The smallest absolute Gasteiger partial charge is 0.394 e. The van der Waals surface area contributed by atoms with Crippen LogP contribution in [0.3, 0.4) is 0 Å². The monoisotopic (exact) mass is 867 g/mol. The van der Waals surface area contributed by atoms with Gasteiger partial charge in [0.05, 0.1) is 26.4 Å². The molecule has 1 amide bonds. The zero-order valence-electron chi connectivity index (χ0n) is 28.7. The van der Waals surface area contributed by atoms with Gasteiger partial charge in [-0.05, 0) is 0 Å². The number of hydrogen-bond donors (Lipinski definition) is 14. The maximum atomic E-state index is 12.4. The van der Waals surface area contributed by atoms with Crippen LogP contribution in [0.5, 0.6) is 0 Å². The summed E-state index contributed by atoms with van der Waals surface area (Å²) in [4.78, 5) is 12.4. The predicted octanol–water partition coefficient (Wildman–Crippen LogP) is -9.95. The molecule has 0 saturated carbocycles. The molecule has 4 heterocycles. The zero-order valence-corrected chi connectivity index (χ0v) is 30.4. The molecule has 28 nitrogen and oxygen atoms in total. The first-order valence-corrected chi connectivity index (χ1v) is 19.1. The van der Waals surface area contributed by atoms with Gasteiger partial charge in [-0.1, -0.05) is 0 Å². The fourth-order valence-corrected chi connectivity index (χ4v) is 7.43. The van der Waals surface area contributed by atoms with E-state index in [1.54, 1.807) is 0 Å². The minimum atomic E-state index is -5.58. The van der Waals surface area contributed by atoms with Crippen LogP contribution in [0, 0.1) is 0 Å². The van der Waals surface area contributed by atoms with Gasteiger partial charge < -0.3 is 94.6 Å². The first-order valence-electron chi connectivity index (χ1n) is 16.4. The van der Waals surface area contributed by atoms with Crippen LogP contribution in [0.2, 0.25) is 0 Å². The fraction of sp³-hybridized carbons (Fsp3) is 0.962. The second-order valence-electron chi connectivity index (χ2n) is 12.9. The molecule has 4 aliphatic rings. The van der Waals surface area contributed by atoms with Crippen molar-refractivity contribution in [3.8, 4) is 0 Å². The van der Waals surface area contributed by atoms with E-state index in [4.69, 9.17) is 33.2 Å². The predicted molar refractivity (Wildman–Crippen MR) is 166 cm³/mol. The lowest BCUT2D eigenvalue weighted by Gasteiger charge is -2.50. The lowest BCUT2D eigenvalue weighted by atomic mass is 9.94. The maximum Gasteiger partial charge on any atom is 0.397 e. The van der Waals surface area contributed by atoms with Gasteiger partial charge in [-0.25, -0.2) is 8.37 Å². The highest BCUT2D eigenvalue weighted by Gasteiger charge is 2.57. The number of hydrogen-bond acceptors (Lipinski definition) is 25. The van der Waals surface area contributed by atoms with Crippen LogP contribution in [0.1, 0.15) is 6.92 Å². The van der Waals surface area contributed by atoms with Crippen molar-refractivity contribution in [3.05, 3.63) is 0 Å². The average Bonchev–Trinajstić information content (AvgIpc) is 3.11. The highest BCUT2D eigenvalue weighted by molar-refractivity contribution is 7.81. The molecule has 20 atom stereocenters. The summed E-state index contributed by atoms with van der Waals surface area (Å²) in [6, 6.07) is -1.88. The largest absolute Gasteiger partial charge is 0.397 e. The van der Waals surface area contributed by atoms with Crippen molar-refractivity contribution in [2.75, 3.05) is 26.4 Å². The van der Waals surface area contributed by atoms with E-state index in [-0.39, 0.29) is 0 Å². The van der Waals surface area contributed by atoms with Gasteiger partial charge in [-0.2, -0.15) is 16.8 Å². The van der Waals surface area contributed by atoms with E-state index in [1.807, 2.05) is 0 Å². The van der Waals surface area contributed by atoms with Crippen molar-refractivity contribution in [2.45, 2.75) is 130 Å². The Balaban J connectivity index is 1.69. The van der Waals surface area contributed by atoms with E-state index < -0.39 is 176 Å². The minimum absolute atomic E-state index is 0.924. The summed E-state index contributed by atoms with van der Waals surface area (Å²) in [6.45, 7) is -3.37. The van der Waals surface area contributed by atoms with Gasteiger partial charge in [0.2, 0.25) is 5.91 Å². The molecule has 0 bridgehead atoms. The quantitative estimate of drug-likeness (QED) is 0.0680. The van der Waals surface area contributed by atoms with Gasteiger partial charge in [0.25, 0.3) is 0 Å².